The van der Waals surface area contributed by atoms with Crippen LogP contribution in [0.25, 0.3) is 0 Å². The van der Waals surface area contributed by atoms with Gasteiger partial charge in [0.15, 0.2) is 17.9 Å². The van der Waals surface area contributed by atoms with Crippen LogP contribution in [0.5, 0.6) is 0 Å². The largest absolute Gasteiger partial charge is 0.472 e. The fourth-order valence-corrected chi connectivity index (χ4v) is 3.86. The first-order valence-corrected chi connectivity index (χ1v) is 8.26. The number of hydrogen-bond acceptors (Lipinski definition) is 4. The van der Waals surface area contributed by atoms with Gasteiger partial charge in [-0.05, 0) is 36.8 Å². The molecule has 0 amide bonds. The van der Waals surface area contributed by atoms with Crippen molar-refractivity contribution in [3.8, 4) is 0 Å². The Morgan fingerprint density at radius 3 is 2.32 bits per heavy atom. The molecule has 2 aromatic carbocycles. The number of aliphatic imine (C=N–C) groups is 1. The number of sulfone groups is 1. The van der Waals surface area contributed by atoms with Gasteiger partial charge in [-0.15, -0.1) is 0 Å². The van der Waals surface area contributed by atoms with Crippen molar-refractivity contribution in [1.29, 1.82) is 0 Å². The van der Waals surface area contributed by atoms with E-state index in [2.05, 4.69) is 4.99 Å². The molecule has 1 aliphatic rings. The highest BCUT2D eigenvalue weighted by Gasteiger charge is 2.39. The Bertz CT molecular complexity index is 798. The highest BCUT2D eigenvalue weighted by atomic mass is 32.2. The zero-order valence-electron chi connectivity index (χ0n) is 11.8. The predicted molar refractivity (Wildman–Crippen MR) is 80.9 cm³/mol. The molecule has 1 aliphatic heterocycles. The number of ether oxygens (including phenoxy) is 1. The normalized spacial score (nSPS) is 20.8. The molecular formula is C16H14FNO3S. The van der Waals surface area contributed by atoms with Crippen molar-refractivity contribution in [2.75, 3.05) is 0 Å². The van der Waals surface area contributed by atoms with E-state index in [1.54, 1.807) is 24.3 Å². The summed E-state index contributed by atoms with van der Waals surface area (Å²) in [5.74, 6) is -0.388. The van der Waals surface area contributed by atoms with Gasteiger partial charge in [0.2, 0.25) is 9.84 Å². The van der Waals surface area contributed by atoms with Crippen LogP contribution in [-0.4, -0.2) is 20.2 Å². The second-order valence-electron chi connectivity index (χ2n) is 5.11. The number of halogens is 1. The Hall–Kier alpha value is -2.21. The van der Waals surface area contributed by atoms with Crippen LogP contribution in [-0.2, 0) is 14.6 Å². The first-order valence-electron chi connectivity index (χ1n) is 6.71. The van der Waals surface area contributed by atoms with Crippen LogP contribution < -0.4 is 0 Å². The summed E-state index contributed by atoms with van der Waals surface area (Å²) >= 11 is 0. The lowest BCUT2D eigenvalue weighted by Crippen LogP contribution is -2.24. The highest BCUT2D eigenvalue weighted by molar-refractivity contribution is 7.92. The minimum absolute atomic E-state index is 0.192. The molecule has 0 fully saturated rings. The van der Waals surface area contributed by atoms with E-state index in [4.69, 9.17) is 4.74 Å². The van der Waals surface area contributed by atoms with Gasteiger partial charge in [-0.1, -0.05) is 29.8 Å². The first-order chi connectivity index (χ1) is 10.5. The predicted octanol–water partition coefficient (Wildman–Crippen LogP) is 3.03. The van der Waals surface area contributed by atoms with Gasteiger partial charge >= 0.3 is 0 Å². The van der Waals surface area contributed by atoms with Crippen molar-refractivity contribution in [3.05, 3.63) is 65.5 Å². The van der Waals surface area contributed by atoms with Crippen molar-refractivity contribution in [2.45, 2.75) is 23.3 Å². The number of nitrogens with zero attached hydrogens (tertiary/aromatic N) is 1. The van der Waals surface area contributed by atoms with Crippen LogP contribution in [0, 0.1) is 12.7 Å². The molecule has 0 aliphatic carbocycles. The fourth-order valence-electron chi connectivity index (χ4n) is 2.31. The van der Waals surface area contributed by atoms with Crippen LogP contribution in [0.2, 0.25) is 0 Å². The molecule has 1 heterocycles. The summed E-state index contributed by atoms with van der Waals surface area (Å²) in [7, 11) is -3.68. The average Bonchev–Trinajstić information content (AvgIpc) is 2.99. The van der Waals surface area contributed by atoms with E-state index in [9.17, 15) is 12.8 Å². The van der Waals surface area contributed by atoms with Gasteiger partial charge in [-0.25, -0.2) is 17.8 Å². The maximum atomic E-state index is 13.0. The molecule has 0 spiro atoms. The number of rotatable bonds is 3. The molecule has 0 saturated heterocycles. The number of hydrogen-bond donors (Lipinski definition) is 0. The highest BCUT2D eigenvalue weighted by Crippen LogP contribution is 2.33. The second kappa shape index (κ2) is 5.53. The summed E-state index contributed by atoms with van der Waals surface area (Å²) in [6, 6.07) is 12.1. The third-order valence-corrected chi connectivity index (χ3v) is 5.47. The molecule has 6 heteroatoms. The zero-order chi connectivity index (χ0) is 15.7. The van der Waals surface area contributed by atoms with Crippen LogP contribution in [0.4, 0.5) is 4.39 Å². The molecule has 3 rings (SSSR count). The Morgan fingerprint density at radius 2 is 1.68 bits per heavy atom. The SMILES string of the molecule is Cc1ccc(S(=O)(=O)C2N=COC2c2ccc(F)cc2)cc1. The Labute approximate surface area is 128 Å². The maximum absolute atomic E-state index is 13.0. The minimum atomic E-state index is -3.68. The van der Waals surface area contributed by atoms with E-state index in [1.165, 1.54) is 24.3 Å². The summed E-state index contributed by atoms with van der Waals surface area (Å²) in [6.45, 7) is 1.88. The summed E-state index contributed by atoms with van der Waals surface area (Å²) in [5, 5.41) is -1.07. The van der Waals surface area contributed by atoms with Crippen LogP contribution in [0.15, 0.2) is 58.4 Å². The molecule has 0 radical (unpaired) electrons. The van der Waals surface area contributed by atoms with Gasteiger partial charge in [0.25, 0.3) is 0 Å². The molecule has 0 N–H and O–H groups in total. The zero-order valence-corrected chi connectivity index (χ0v) is 12.6. The lowest BCUT2D eigenvalue weighted by Gasteiger charge is -2.18. The lowest BCUT2D eigenvalue weighted by atomic mass is 10.1. The van der Waals surface area contributed by atoms with Crippen LogP contribution in [0.1, 0.15) is 17.2 Å². The Morgan fingerprint density at radius 1 is 1.05 bits per heavy atom. The third kappa shape index (κ3) is 2.62. The molecule has 2 unspecified atom stereocenters. The number of aryl methyl sites for hydroxylation is 1. The van der Waals surface area contributed by atoms with E-state index < -0.39 is 21.3 Å². The van der Waals surface area contributed by atoms with Gasteiger partial charge < -0.3 is 4.74 Å². The van der Waals surface area contributed by atoms with E-state index >= 15 is 0 Å². The van der Waals surface area contributed by atoms with Gasteiger partial charge in [0.1, 0.15) is 5.82 Å². The molecule has 114 valence electrons. The fraction of sp³-hybridized carbons (Fsp3) is 0.188. The lowest BCUT2D eigenvalue weighted by molar-refractivity contribution is 0.227. The van der Waals surface area contributed by atoms with E-state index in [-0.39, 0.29) is 10.7 Å². The van der Waals surface area contributed by atoms with Crippen LogP contribution in [0.3, 0.4) is 0 Å². The third-order valence-electron chi connectivity index (χ3n) is 3.54. The summed E-state index contributed by atoms with van der Waals surface area (Å²) in [6.07, 6.45) is 0.372. The van der Waals surface area contributed by atoms with Crippen molar-refractivity contribution in [3.63, 3.8) is 0 Å². The first kappa shape index (κ1) is 14.7. The van der Waals surface area contributed by atoms with Crippen molar-refractivity contribution < 1.29 is 17.5 Å². The smallest absolute Gasteiger partial charge is 0.205 e. The molecule has 2 atom stereocenters. The topological polar surface area (TPSA) is 55.7 Å². The van der Waals surface area contributed by atoms with Gasteiger partial charge in [-0.2, -0.15) is 0 Å². The minimum Gasteiger partial charge on any atom is -0.472 e. The van der Waals surface area contributed by atoms with E-state index in [1.807, 2.05) is 6.92 Å². The molecular weight excluding hydrogens is 305 g/mol. The van der Waals surface area contributed by atoms with E-state index in [0.29, 0.717) is 5.56 Å². The standard InChI is InChI=1S/C16H14FNO3S/c1-11-2-8-14(9-3-11)22(19,20)16-15(21-10-18-16)12-4-6-13(17)7-5-12/h2-10,15-16H,1H3. The Kier molecular flexibility index (Phi) is 3.70. The molecule has 22 heavy (non-hydrogen) atoms. The summed E-state index contributed by atoms with van der Waals surface area (Å²) < 4.78 is 43.8. The van der Waals surface area contributed by atoms with Gasteiger partial charge in [0, 0.05) is 0 Å². The molecule has 0 saturated carbocycles. The van der Waals surface area contributed by atoms with Gasteiger partial charge in [-0.3, -0.25) is 0 Å². The molecule has 4 nitrogen and oxygen atoms in total. The van der Waals surface area contributed by atoms with Crippen molar-refractivity contribution >= 4 is 16.2 Å². The maximum Gasteiger partial charge on any atom is 0.205 e. The van der Waals surface area contributed by atoms with Crippen LogP contribution >= 0.6 is 0 Å². The quantitative estimate of drug-likeness (QED) is 0.874. The number of benzene rings is 2. The van der Waals surface area contributed by atoms with Gasteiger partial charge in [0.05, 0.1) is 4.90 Å². The van der Waals surface area contributed by atoms with E-state index in [0.717, 1.165) is 12.0 Å². The van der Waals surface area contributed by atoms with Crippen molar-refractivity contribution in [2.24, 2.45) is 4.99 Å². The average molecular weight is 319 g/mol. The molecule has 0 bridgehead atoms. The second-order valence-corrected chi connectivity index (χ2v) is 7.16. The monoisotopic (exact) mass is 319 g/mol. The Balaban J connectivity index is 1.96. The summed E-state index contributed by atoms with van der Waals surface area (Å²) in [5.41, 5.74) is 1.54. The van der Waals surface area contributed by atoms with Crippen molar-refractivity contribution in [1.82, 2.24) is 0 Å². The summed E-state index contributed by atoms with van der Waals surface area (Å²) in [4.78, 5) is 4.15. The molecule has 0 aromatic heterocycles. The molecule has 2 aromatic rings.